The SMILES string of the molecule is CN(CCO)C(=O)NCCc1cccc(F)c1. The quantitative estimate of drug-likeness (QED) is 0.806. The maximum atomic E-state index is 12.9. The number of rotatable bonds is 5. The van der Waals surface area contributed by atoms with Crippen molar-refractivity contribution in [3.63, 3.8) is 0 Å². The van der Waals surface area contributed by atoms with Crippen molar-refractivity contribution in [2.75, 3.05) is 26.7 Å². The predicted molar refractivity (Wildman–Crippen MR) is 63.2 cm³/mol. The summed E-state index contributed by atoms with van der Waals surface area (Å²) < 4.78 is 12.9. The Morgan fingerprint density at radius 3 is 2.94 bits per heavy atom. The van der Waals surface area contributed by atoms with E-state index in [0.29, 0.717) is 19.5 Å². The molecule has 1 aromatic carbocycles. The molecule has 94 valence electrons. The molecule has 0 aromatic heterocycles. The van der Waals surface area contributed by atoms with E-state index in [1.54, 1.807) is 13.1 Å². The largest absolute Gasteiger partial charge is 0.395 e. The number of benzene rings is 1. The molecular weight excluding hydrogens is 223 g/mol. The molecule has 2 amide bonds. The lowest BCUT2D eigenvalue weighted by molar-refractivity contribution is 0.190. The molecule has 0 aliphatic carbocycles. The van der Waals surface area contributed by atoms with Crippen LogP contribution in [0.1, 0.15) is 5.56 Å². The molecule has 0 fully saturated rings. The van der Waals surface area contributed by atoms with Crippen LogP contribution in [0.25, 0.3) is 0 Å². The molecule has 0 aliphatic heterocycles. The monoisotopic (exact) mass is 240 g/mol. The highest BCUT2D eigenvalue weighted by atomic mass is 19.1. The molecule has 0 saturated heterocycles. The summed E-state index contributed by atoms with van der Waals surface area (Å²) >= 11 is 0. The molecule has 0 radical (unpaired) electrons. The van der Waals surface area contributed by atoms with Crippen LogP contribution in [-0.4, -0.2) is 42.8 Å². The lowest BCUT2D eigenvalue weighted by Crippen LogP contribution is -2.39. The number of likely N-dealkylation sites (N-methyl/N-ethyl adjacent to an activating group) is 1. The summed E-state index contributed by atoms with van der Waals surface area (Å²) in [6, 6.07) is 6.05. The number of carbonyl (C=O) groups is 1. The minimum absolute atomic E-state index is 0.0617. The first kappa shape index (κ1) is 13.4. The van der Waals surface area contributed by atoms with Gasteiger partial charge in [0.15, 0.2) is 0 Å². The summed E-state index contributed by atoms with van der Waals surface area (Å²) in [4.78, 5) is 12.8. The van der Waals surface area contributed by atoms with E-state index in [1.807, 2.05) is 6.07 Å². The maximum Gasteiger partial charge on any atom is 0.317 e. The van der Waals surface area contributed by atoms with Crippen LogP contribution < -0.4 is 5.32 Å². The van der Waals surface area contributed by atoms with Crippen molar-refractivity contribution in [3.05, 3.63) is 35.6 Å². The Morgan fingerprint density at radius 1 is 1.53 bits per heavy atom. The lowest BCUT2D eigenvalue weighted by atomic mass is 10.1. The molecule has 1 aromatic rings. The van der Waals surface area contributed by atoms with Crippen LogP contribution in [0.4, 0.5) is 9.18 Å². The van der Waals surface area contributed by atoms with E-state index in [9.17, 15) is 9.18 Å². The number of halogens is 1. The number of hydrogen-bond acceptors (Lipinski definition) is 2. The van der Waals surface area contributed by atoms with Gasteiger partial charge in [-0.2, -0.15) is 0 Å². The van der Waals surface area contributed by atoms with Crippen LogP contribution in [0.15, 0.2) is 24.3 Å². The molecule has 0 atom stereocenters. The van der Waals surface area contributed by atoms with Crippen LogP contribution in [0.5, 0.6) is 0 Å². The van der Waals surface area contributed by atoms with Crippen LogP contribution in [0, 0.1) is 5.82 Å². The second-order valence-corrected chi connectivity index (χ2v) is 3.76. The summed E-state index contributed by atoms with van der Waals surface area (Å²) in [5.74, 6) is -0.272. The van der Waals surface area contributed by atoms with Crippen LogP contribution in [-0.2, 0) is 6.42 Å². The summed E-state index contributed by atoms with van der Waals surface area (Å²) in [7, 11) is 1.60. The number of aliphatic hydroxyl groups excluding tert-OH is 1. The molecule has 0 aliphatic rings. The average molecular weight is 240 g/mol. The number of carbonyl (C=O) groups excluding carboxylic acids is 1. The second kappa shape index (κ2) is 6.85. The number of nitrogens with zero attached hydrogens (tertiary/aromatic N) is 1. The van der Waals surface area contributed by atoms with E-state index >= 15 is 0 Å². The van der Waals surface area contributed by atoms with E-state index in [1.165, 1.54) is 17.0 Å². The second-order valence-electron chi connectivity index (χ2n) is 3.76. The van der Waals surface area contributed by atoms with Gasteiger partial charge in [-0.15, -0.1) is 0 Å². The lowest BCUT2D eigenvalue weighted by Gasteiger charge is -2.16. The van der Waals surface area contributed by atoms with Gasteiger partial charge in [0.25, 0.3) is 0 Å². The van der Waals surface area contributed by atoms with Crippen molar-refractivity contribution in [2.45, 2.75) is 6.42 Å². The Kier molecular flexibility index (Phi) is 5.42. The van der Waals surface area contributed by atoms with Crippen molar-refractivity contribution in [1.29, 1.82) is 0 Å². The summed E-state index contributed by atoms with van der Waals surface area (Å²) in [6.45, 7) is 0.678. The zero-order valence-corrected chi connectivity index (χ0v) is 9.82. The highest BCUT2D eigenvalue weighted by Gasteiger charge is 2.06. The first-order valence-electron chi connectivity index (χ1n) is 5.47. The standard InChI is InChI=1S/C12H17FN2O2/c1-15(7-8-16)12(17)14-6-5-10-3-2-4-11(13)9-10/h2-4,9,16H,5-8H2,1H3,(H,14,17). The minimum atomic E-state index is -0.272. The molecule has 0 spiro atoms. The van der Waals surface area contributed by atoms with Crippen LogP contribution in [0.3, 0.4) is 0 Å². The highest BCUT2D eigenvalue weighted by molar-refractivity contribution is 5.73. The third-order valence-electron chi connectivity index (χ3n) is 2.36. The van der Waals surface area contributed by atoms with E-state index in [4.69, 9.17) is 5.11 Å². The molecular formula is C12H17FN2O2. The number of urea groups is 1. The summed E-state index contributed by atoms with van der Waals surface area (Å²) in [5, 5.41) is 11.3. The average Bonchev–Trinajstić information content (AvgIpc) is 2.29. The van der Waals surface area contributed by atoms with Crippen LogP contribution in [0.2, 0.25) is 0 Å². The third kappa shape index (κ3) is 4.82. The normalized spacial score (nSPS) is 10.1. The Balaban J connectivity index is 2.30. The molecule has 17 heavy (non-hydrogen) atoms. The molecule has 4 nitrogen and oxygen atoms in total. The molecule has 0 unspecified atom stereocenters. The first-order valence-corrected chi connectivity index (χ1v) is 5.47. The fraction of sp³-hybridized carbons (Fsp3) is 0.417. The van der Waals surface area contributed by atoms with Gasteiger partial charge in [-0.25, -0.2) is 9.18 Å². The van der Waals surface area contributed by atoms with Gasteiger partial charge in [-0.1, -0.05) is 12.1 Å². The Hall–Kier alpha value is -1.62. The zero-order valence-electron chi connectivity index (χ0n) is 9.82. The molecule has 0 bridgehead atoms. The minimum Gasteiger partial charge on any atom is -0.395 e. The van der Waals surface area contributed by atoms with E-state index < -0.39 is 0 Å². The fourth-order valence-electron chi connectivity index (χ4n) is 1.39. The van der Waals surface area contributed by atoms with Gasteiger partial charge in [0.2, 0.25) is 0 Å². The predicted octanol–water partition coefficient (Wildman–Crippen LogP) is 1.00. The maximum absolute atomic E-state index is 12.9. The number of nitrogens with one attached hydrogen (secondary N) is 1. The van der Waals surface area contributed by atoms with Gasteiger partial charge in [-0.05, 0) is 24.1 Å². The molecule has 5 heteroatoms. The molecule has 1 rings (SSSR count). The Morgan fingerprint density at radius 2 is 2.29 bits per heavy atom. The van der Waals surface area contributed by atoms with E-state index in [0.717, 1.165) is 5.56 Å². The van der Waals surface area contributed by atoms with Crippen molar-refractivity contribution in [3.8, 4) is 0 Å². The van der Waals surface area contributed by atoms with E-state index in [2.05, 4.69) is 5.32 Å². The fourth-order valence-corrected chi connectivity index (χ4v) is 1.39. The smallest absolute Gasteiger partial charge is 0.317 e. The van der Waals surface area contributed by atoms with Gasteiger partial charge in [0.05, 0.1) is 6.61 Å². The van der Waals surface area contributed by atoms with Crippen molar-refractivity contribution < 1.29 is 14.3 Å². The summed E-state index contributed by atoms with van der Waals surface area (Å²) in [5.41, 5.74) is 0.843. The third-order valence-corrected chi connectivity index (χ3v) is 2.36. The topological polar surface area (TPSA) is 52.6 Å². The van der Waals surface area contributed by atoms with E-state index in [-0.39, 0.29) is 18.5 Å². The Labute approximate surface area is 100 Å². The van der Waals surface area contributed by atoms with Crippen LogP contribution >= 0.6 is 0 Å². The zero-order chi connectivity index (χ0) is 12.7. The van der Waals surface area contributed by atoms with Gasteiger partial charge in [0.1, 0.15) is 5.82 Å². The molecule has 0 heterocycles. The highest BCUT2D eigenvalue weighted by Crippen LogP contribution is 2.03. The van der Waals surface area contributed by atoms with Gasteiger partial charge < -0.3 is 15.3 Å². The number of aliphatic hydroxyl groups is 1. The molecule has 2 N–H and O–H groups in total. The molecule has 0 saturated carbocycles. The summed E-state index contributed by atoms with van der Waals surface area (Å²) in [6.07, 6.45) is 0.580. The van der Waals surface area contributed by atoms with Crippen molar-refractivity contribution >= 4 is 6.03 Å². The van der Waals surface area contributed by atoms with Gasteiger partial charge in [-0.3, -0.25) is 0 Å². The van der Waals surface area contributed by atoms with Crippen molar-refractivity contribution in [1.82, 2.24) is 10.2 Å². The first-order chi connectivity index (χ1) is 8.13. The van der Waals surface area contributed by atoms with Crippen molar-refractivity contribution in [2.24, 2.45) is 0 Å². The van der Waals surface area contributed by atoms with Gasteiger partial charge in [0, 0.05) is 20.1 Å². The number of hydrogen-bond donors (Lipinski definition) is 2. The number of amides is 2. The Bertz CT molecular complexity index is 371. The van der Waals surface area contributed by atoms with Gasteiger partial charge >= 0.3 is 6.03 Å².